The van der Waals surface area contributed by atoms with E-state index in [0.717, 1.165) is 11.3 Å². The van der Waals surface area contributed by atoms with Gasteiger partial charge in [0.2, 0.25) is 0 Å². The minimum Gasteiger partial charge on any atom is -0.490 e. The number of aryl methyl sites for hydroxylation is 1. The van der Waals surface area contributed by atoms with Crippen molar-refractivity contribution in [3.05, 3.63) is 56.5 Å². The number of nitrogens with zero attached hydrogens (tertiary/aromatic N) is 1. The van der Waals surface area contributed by atoms with Gasteiger partial charge in [0.15, 0.2) is 0 Å². The summed E-state index contributed by atoms with van der Waals surface area (Å²) in [7, 11) is 0. The zero-order chi connectivity index (χ0) is 16.8. The lowest BCUT2D eigenvalue weighted by Crippen LogP contribution is -2.11. The molecule has 1 N–H and O–H groups in total. The van der Waals surface area contributed by atoms with Gasteiger partial charge in [0.05, 0.1) is 10.7 Å². The molecule has 0 aliphatic heterocycles. The number of oxime groups is 1. The van der Waals surface area contributed by atoms with E-state index in [1.807, 2.05) is 32.0 Å². The van der Waals surface area contributed by atoms with E-state index in [9.17, 15) is 0 Å². The minimum absolute atomic E-state index is 0.347. The Morgan fingerprint density at radius 3 is 2.70 bits per heavy atom. The first-order valence-corrected chi connectivity index (χ1v) is 8.18. The van der Waals surface area contributed by atoms with Crippen molar-refractivity contribution in [2.45, 2.75) is 13.8 Å². The molecule has 0 radical (unpaired) electrons. The fraction of sp³-hybridized carbons (Fsp3) is 0.235. The zero-order valence-electron chi connectivity index (χ0n) is 12.8. The topological polar surface area (TPSA) is 51.0 Å². The average molecular weight is 399 g/mol. The highest BCUT2D eigenvalue weighted by Crippen LogP contribution is 2.32. The summed E-state index contributed by atoms with van der Waals surface area (Å²) in [6.07, 6.45) is 1.28. The Morgan fingerprint density at radius 1 is 1.22 bits per heavy atom. The third kappa shape index (κ3) is 4.62. The lowest BCUT2D eigenvalue weighted by Gasteiger charge is -2.14. The first-order valence-electron chi connectivity index (χ1n) is 7.01. The summed E-state index contributed by atoms with van der Waals surface area (Å²) in [4.78, 5) is 0. The van der Waals surface area contributed by atoms with Crippen LogP contribution in [-0.4, -0.2) is 24.6 Å². The fourth-order valence-corrected chi connectivity index (χ4v) is 3.01. The van der Waals surface area contributed by atoms with Crippen molar-refractivity contribution < 1.29 is 14.7 Å². The van der Waals surface area contributed by atoms with E-state index in [4.69, 9.17) is 26.3 Å². The van der Waals surface area contributed by atoms with Gasteiger partial charge in [-0.2, -0.15) is 0 Å². The summed E-state index contributed by atoms with van der Waals surface area (Å²) in [5.74, 6) is 1.40. The predicted molar refractivity (Wildman–Crippen MR) is 95.4 cm³/mol. The van der Waals surface area contributed by atoms with Gasteiger partial charge in [-0.05, 0) is 59.1 Å². The molecule has 0 unspecified atom stereocenters. The lowest BCUT2D eigenvalue weighted by molar-refractivity contribution is 0.215. The number of benzene rings is 2. The minimum atomic E-state index is 0.347. The number of hydrogen-bond acceptors (Lipinski definition) is 4. The SMILES string of the molecule is Cc1cccc(OCCOc2c(Br)cc(Cl)cc2C=NO)c1C. The average Bonchev–Trinajstić information content (AvgIpc) is 2.50. The largest absolute Gasteiger partial charge is 0.490 e. The van der Waals surface area contributed by atoms with Crippen LogP contribution in [-0.2, 0) is 0 Å². The Kier molecular flexibility index (Phi) is 6.30. The molecule has 0 aliphatic carbocycles. The van der Waals surface area contributed by atoms with E-state index in [-0.39, 0.29) is 0 Å². The molecule has 0 saturated carbocycles. The van der Waals surface area contributed by atoms with Crippen molar-refractivity contribution in [2.75, 3.05) is 13.2 Å². The van der Waals surface area contributed by atoms with Crippen LogP contribution < -0.4 is 9.47 Å². The van der Waals surface area contributed by atoms with E-state index >= 15 is 0 Å². The van der Waals surface area contributed by atoms with Crippen molar-refractivity contribution >= 4 is 33.7 Å². The van der Waals surface area contributed by atoms with Gasteiger partial charge in [0.25, 0.3) is 0 Å². The van der Waals surface area contributed by atoms with Gasteiger partial charge in [-0.25, -0.2) is 0 Å². The van der Waals surface area contributed by atoms with E-state index in [1.165, 1.54) is 11.8 Å². The maximum atomic E-state index is 8.73. The summed E-state index contributed by atoms with van der Waals surface area (Å²) in [5.41, 5.74) is 2.89. The van der Waals surface area contributed by atoms with Gasteiger partial charge in [-0.1, -0.05) is 28.9 Å². The van der Waals surface area contributed by atoms with Gasteiger partial charge in [0, 0.05) is 10.6 Å². The van der Waals surface area contributed by atoms with Gasteiger partial charge >= 0.3 is 0 Å². The monoisotopic (exact) mass is 397 g/mol. The maximum absolute atomic E-state index is 8.73. The maximum Gasteiger partial charge on any atom is 0.142 e. The molecule has 0 bridgehead atoms. The molecule has 23 heavy (non-hydrogen) atoms. The molecule has 0 aromatic heterocycles. The number of halogens is 2. The second-order valence-electron chi connectivity index (χ2n) is 4.95. The zero-order valence-corrected chi connectivity index (χ0v) is 15.2. The molecule has 0 spiro atoms. The van der Waals surface area contributed by atoms with Gasteiger partial charge < -0.3 is 14.7 Å². The molecule has 6 heteroatoms. The Bertz CT molecular complexity index is 719. The highest BCUT2D eigenvalue weighted by molar-refractivity contribution is 9.10. The summed E-state index contributed by atoms with van der Waals surface area (Å²) in [5, 5.41) is 12.3. The molecule has 0 saturated heterocycles. The summed E-state index contributed by atoms with van der Waals surface area (Å²) >= 11 is 9.37. The molecule has 122 valence electrons. The molecule has 2 aromatic rings. The quantitative estimate of drug-likeness (QED) is 0.323. The standard InChI is InChI=1S/C17H17BrClNO3/c1-11-4-3-5-16(12(11)2)22-6-7-23-17-13(10-20-21)8-14(19)9-15(17)18/h3-5,8-10,21H,6-7H2,1-2H3. The smallest absolute Gasteiger partial charge is 0.142 e. The summed E-state index contributed by atoms with van der Waals surface area (Å²) in [6, 6.07) is 9.32. The van der Waals surface area contributed by atoms with Crippen LogP contribution in [0.3, 0.4) is 0 Å². The van der Waals surface area contributed by atoms with Crippen LogP contribution in [0.5, 0.6) is 11.5 Å². The molecule has 0 fully saturated rings. The molecule has 0 atom stereocenters. The Labute approximate surface area is 148 Å². The first kappa shape index (κ1) is 17.6. The van der Waals surface area contributed by atoms with Crippen LogP contribution in [0.1, 0.15) is 16.7 Å². The second-order valence-corrected chi connectivity index (χ2v) is 6.24. The van der Waals surface area contributed by atoms with E-state index < -0.39 is 0 Å². The summed E-state index contributed by atoms with van der Waals surface area (Å²) < 4.78 is 12.2. The van der Waals surface area contributed by atoms with Crippen LogP contribution in [0.15, 0.2) is 40.0 Å². The van der Waals surface area contributed by atoms with Crippen LogP contribution in [0.25, 0.3) is 0 Å². The highest BCUT2D eigenvalue weighted by Gasteiger charge is 2.10. The Hall–Kier alpha value is -1.72. The van der Waals surface area contributed by atoms with Crippen LogP contribution in [0, 0.1) is 13.8 Å². The van der Waals surface area contributed by atoms with Gasteiger partial charge in [0.1, 0.15) is 24.7 Å². The normalized spacial score (nSPS) is 11.0. The highest BCUT2D eigenvalue weighted by atomic mass is 79.9. The fourth-order valence-electron chi connectivity index (χ4n) is 2.07. The molecule has 0 amide bonds. The van der Waals surface area contributed by atoms with Crippen molar-refractivity contribution in [2.24, 2.45) is 5.16 Å². The van der Waals surface area contributed by atoms with E-state index in [1.54, 1.807) is 12.1 Å². The second kappa shape index (κ2) is 8.22. The number of rotatable bonds is 6. The third-order valence-electron chi connectivity index (χ3n) is 3.38. The van der Waals surface area contributed by atoms with E-state index in [2.05, 4.69) is 21.1 Å². The molecule has 4 nitrogen and oxygen atoms in total. The first-order chi connectivity index (χ1) is 11.0. The van der Waals surface area contributed by atoms with Gasteiger partial charge in [-0.15, -0.1) is 0 Å². The predicted octanol–water partition coefficient (Wildman–Crippen LogP) is 4.99. The number of hydrogen-bond donors (Lipinski definition) is 1. The number of ether oxygens (including phenoxy) is 2. The van der Waals surface area contributed by atoms with Crippen molar-refractivity contribution in [3.63, 3.8) is 0 Å². The van der Waals surface area contributed by atoms with E-state index in [0.29, 0.717) is 34.0 Å². The third-order valence-corrected chi connectivity index (χ3v) is 4.18. The molecule has 2 aromatic carbocycles. The van der Waals surface area contributed by atoms with Crippen LogP contribution in [0.2, 0.25) is 5.02 Å². The molecular weight excluding hydrogens is 382 g/mol. The van der Waals surface area contributed by atoms with Gasteiger partial charge in [-0.3, -0.25) is 0 Å². The lowest BCUT2D eigenvalue weighted by atomic mass is 10.1. The Balaban J connectivity index is 2.00. The summed E-state index contributed by atoms with van der Waals surface area (Å²) in [6.45, 7) is 4.82. The molecule has 0 heterocycles. The van der Waals surface area contributed by atoms with Crippen molar-refractivity contribution in [1.82, 2.24) is 0 Å². The van der Waals surface area contributed by atoms with Crippen LogP contribution >= 0.6 is 27.5 Å². The molecular formula is C17H17BrClNO3. The van der Waals surface area contributed by atoms with Crippen molar-refractivity contribution in [1.29, 1.82) is 0 Å². The van der Waals surface area contributed by atoms with Crippen LogP contribution in [0.4, 0.5) is 0 Å². The molecule has 2 rings (SSSR count). The van der Waals surface area contributed by atoms with Crippen molar-refractivity contribution in [3.8, 4) is 11.5 Å². The molecule has 0 aliphatic rings. The Morgan fingerprint density at radius 2 is 1.96 bits per heavy atom.